The Hall–Kier alpha value is -4.88. The summed E-state index contributed by atoms with van der Waals surface area (Å²) in [4.78, 5) is 34.5. The van der Waals surface area contributed by atoms with E-state index in [1.807, 2.05) is 86.6 Å². The van der Waals surface area contributed by atoms with Crippen LogP contribution in [0.3, 0.4) is 0 Å². The summed E-state index contributed by atoms with van der Waals surface area (Å²) in [5.74, 6) is 0.992. The molecule has 0 spiro atoms. The van der Waals surface area contributed by atoms with Gasteiger partial charge in [-0.2, -0.15) is 0 Å². The average Bonchev–Trinajstić information content (AvgIpc) is 3.49. The number of hydrogen-bond acceptors (Lipinski definition) is 4. The molecule has 6 aromatic rings. The summed E-state index contributed by atoms with van der Waals surface area (Å²) < 4.78 is 7.20. The lowest BCUT2D eigenvalue weighted by molar-refractivity contribution is 0.179. The molecule has 0 aliphatic heterocycles. The first-order valence-electron chi connectivity index (χ1n) is 13.3. The second kappa shape index (κ2) is 10.9. The predicted octanol–water partition coefficient (Wildman–Crippen LogP) is 7.89. The Morgan fingerprint density at radius 3 is 2.54 bits per heavy atom. The number of carbonyl (C=O) groups is 1. The van der Waals surface area contributed by atoms with E-state index in [0.717, 1.165) is 16.3 Å². The molecule has 2 aromatic heterocycles. The molecular weight excluding hydrogens is 536 g/mol. The molecule has 4 aromatic carbocycles. The van der Waals surface area contributed by atoms with Gasteiger partial charge in [0.25, 0.3) is 5.56 Å². The number of nitrogens with one attached hydrogen (secondary N) is 1. The third-order valence-corrected chi connectivity index (χ3v) is 7.42. The number of amides is 2. The van der Waals surface area contributed by atoms with E-state index in [1.54, 1.807) is 40.0 Å². The van der Waals surface area contributed by atoms with Gasteiger partial charge in [-0.15, -0.1) is 0 Å². The van der Waals surface area contributed by atoms with E-state index in [2.05, 4.69) is 5.32 Å². The highest BCUT2D eigenvalue weighted by molar-refractivity contribution is 6.31. The number of nitrogens with zero attached hydrogens (tertiary/aromatic N) is 3. The van der Waals surface area contributed by atoms with Gasteiger partial charge < -0.3 is 14.6 Å². The summed E-state index contributed by atoms with van der Waals surface area (Å²) in [7, 11) is 0. The quantitative estimate of drug-likeness (QED) is 0.224. The van der Waals surface area contributed by atoms with Crippen molar-refractivity contribution in [2.75, 3.05) is 5.32 Å². The number of aromatic nitrogens is 2. The van der Waals surface area contributed by atoms with Crippen molar-refractivity contribution >= 4 is 45.0 Å². The summed E-state index contributed by atoms with van der Waals surface area (Å²) in [6.45, 7) is 4.00. The van der Waals surface area contributed by atoms with Crippen LogP contribution in [0.25, 0.3) is 27.4 Å². The van der Waals surface area contributed by atoms with Gasteiger partial charge in [0, 0.05) is 10.4 Å². The minimum Gasteiger partial charge on any atom is -0.467 e. The number of hydrogen-bond donors (Lipinski definition) is 1. The minimum atomic E-state index is -0.646. The molecule has 6 rings (SSSR count). The summed E-state index contributed by atoms with van der Waals surface area (Å²) in [6.07, 6.45) is 1.57. The van der Waals surface area contributed by atoms with Gasteiger partial charge in [0.05, 0.1) is 41.1 Å². The zero-order chi connectivity index (χ0) is 28.5. The van der Waals surface area contributed by atoms with E-state index in [1.165, 1.54) is 0 Å². The van der Waals surface area contributed by atoms with E-state index in [4.69, 9.17) is 21.0 Å². The normalized spacial score (nSPS) is 12.0. The van der Waals surface area contributed by atoms with Crippen LogP contribution in [0.5, 0.6) is 0 Å². The smallest absolute Gasteiger partial charge is 0.322 e. The van der Waals surface area contributed by atoms with Crippen LogP contribution >= 0.6 is 11.6 Å². The molecule has 2 amide bonds. The zero-order valence-corrected chi connectivity index (χ0v) is 23.3. The SMILES string of the molecule is Cc1ccc(-n2c(C(C)N(Cc3ccco3)C(=O)Nc3cccc4ccccc34)nc3cc(Cl)ccc3c2=O)cc1. The summed E-state index contributed by atoms with van der Waals surface area (Å²) in [5, 5.41) is 5.92. The van der Waals surface area contributed by atoms with Crippen molar-refractivity contribution in [2.45, 2.75) is 26.4 Å². The largest absolute Gasteiger partial charge is 0.467 e. The maximum Gasteiger partial charge on any atom is 0.322 e. The molecule has 0 saturated carbocycles. The Bertz CT molecular complexity index is 1930. The first-order valence-corrected chi connectivity index (χ1v) is 13.6. The van der Waals surface area contributed by atoms with Crippen molar-refractivity contribution in [3.63, 3.8) is 0 Å². The molecule has 1 N–H and O–H groups in total. The second-order valence-electron chi connectivity index (χ2n) is 9.95. The fourth-order valence-electron chi connectivity index (χ4n) is 5.02. The third-order valence-electron chi connectivity index (χ3n) is 7.19. The predicted molar refractivity (Wildman–Crippen MR) is 163 cm³/mol. The molecule has 7 nitrogen and oxygen atoms in total. The highest BCUT2D eigenvalue weighted by Gasteiger charge is 2.28. The van der Waals surface area contributed by atoms with Crippen LogP contribution in [0.4, 0.5) is 10.5 Å². The van der Waals surface area contributed by atoms with Crippen LogP contribution in [0.1, 0.15) is 30.1 Å². The lowest BCUT2D eigenvalue weighted by Gasteiger charge is -2.30. The first-order chi connectivity index (χ1) is 19.9. The van der Waals surface area contributed by atoms with Crippen LogP contribution in [-0.4, -0.2) is 20.5 Å². The average molecular weight is 563 g/mol. The number of rotatable bonds is 6. The number of halogens is 1. The molecule has 0 radical (unpaired) electrons. The molecule has 0 fully saturated rings. The number of furan rings is 1. The molecule has 0 aliphatic carbocycles. The molecular formula is C33H27ClN4O3. The van der Waals surface area contributed by atoms with Crippen LogP contribution in [-0.2, 0) is 6.54 Å². The second-order valence-corrected chi connectivity index (χ2v) is 10.4. The van der Waals surface area contributed by atoms with Crippen molar-refractivity contribution in [3.8, 4) is 5.69 Å². The topological polar surface area (TPSA) is 80.4 Å². The third kappa shape index (κ3) is 5.19. The van der Waals surface area contributed by atoms with E-state index in [9.17, 15) is 9.59 Å². The van der Waals surface area contributed by atoms with Gasteiger partial charge in [-0.05, 0) is 67.8 Å². The fourth-order valence-corrected chi connectivity index (χ4v) is 5.18. The van der Waals surface area contributed by atoms with Gasteiger partial charge in [-0.25, -0.2) is 9.78 Å². The van der Waals surface area contributed by atoms with Crippen LogP contribution < -0.4 is 10.9 Å². The van der Waals surface area contributed by atoms with Gasteiger partial charge in [-0.3, -0.25) is 9.36 Å². The lowest BCUT2D eigenvalue weighted by Crippen LogP contribution is -2.39. The van der Waals surface area contributed by atoms with Crippen LogP contribution in [0.15, 0.2) is 113 Å². The van der Waals surface area contributed by atoms with Gasteiger partial charge in [0.2, 0.25) is 0 Å². The summed E-state index contributed by atoms with van der Waals surface area (Å²) in [5.41, 5.74) is 2.61. The van der Waals surface area contributed by atoms with Crippen LogP contribution in [0, 0.1) is 6.92 Å². The number of aryl methyl sites for hydroxylation is 1. The maximum absolute atomic E-state index is 14.0. The molecule has 0 aliphatic rings. The molecule has 204 valence electrons. The first kappa shape index (κ1) is 26.3. The van der Waals surface area contributed by atoms with E-state index in [0.29, 0.717) is 38.9 Å². The van der Waals surface area contributed by atoms with E-state index >= 15 is 0 Å². The number of benzene rings is 4. The highest BCUT2D eigenvalue weighted by atomic mass is 35.5. The molecule has 0 saturated heterocycles. The molecule has 0 bridgehead atoms. The van der Waals surface area contributed by atoms with Crippen molar-refractivity contribution in [2.24, 2.45) is 0 Å². The van der Waals surface area contributed by atoms with Gasteiger partial charge in [0.1, 0.15) is 11.6 Å². The highest BCUT2D eigenvalue weighted by Crippen LogP contribution is 2.28. The fraction of sp³-hybridized carbons (Fsp3) is 0.121. The molecule has 8 heteroatoms. The zero-order valence-electron chi connectivity index (χ0n) is 22.5. The van der Waals surface area contributed by atoms with Crippen molar-refractivity contribution in [3.05, 3.63) is 136 Å². The van der Waals surface area contributed by atoms with Gasteiger partial charge in [-0.1, -0.05) is 65.7 Å². The standard InChI is InChI=1S/C33H27ClN4O3/c1-21-12-15-25(16-13-21)38-31(35-30-19-24(34)14-17-28(30)32(38)39)22(2)37(20-26-9-6-18-41-26)33(40)36-29-11-5-8-23-7-3-4-10-27(23)29/h3-19,22H,20H2,1-2H3,(H,36,40). The van der Waals surface area contributed by atoms with Crippen molar-refractivity contribution < 1.29 is 9.21 Å². The minimum absolute atomic E-state index is 0.155. The molecule has 41 heavy (non-hydrogen) atoms. The van der Waals surface area contributed by atoms with Crippen molar-refractivity contribution in [1.82, 2.24) is 14.5 Å². The molecule has 1 atom stereocenters. The monoisotopic (exact) mass is 562 g/mol. The lowest BCUT2D eigenvalue weighted by atomic mass is 10.1. The van der Waals surface area contributed by atoms with E-state index < -0.39 is 6.04 Å². The summed E-state index contributed by atoms with van der Waals surface area (Å²) >= 11 is 6.29. The Kier molecular flexibility index (Phi) is 7.03. The molecule has 1 unspecified atom stereocenters. The van der Waals surface area contributed by atoms with Crippen molar-refractivity contribution in [1.29, 1.82) is 0 Å². The number of carbonyl (C=O) groups excluding carboxylic acids is 1. The Morgan fingerprint density at radius 1 is 0.976 bits per heavy atom. The Balaban J connectivity index is 1.49. The Labute approximate surface area is 241 Å². The van der Waals surface area contributed by atoms with Gasteiger partial charge >= 0.3 is 6.03 Å². The number of anilines is 1. The maximum atomic E-state index is 14.0. The number of fused-ring (bicyclic) bond motifs is 2. The number of urea groups is 1. The molecule has 2 heterocycles. The Morgan fingerprint density at radius 2 is 1.76 bits per heavy atom. The summed E-state index contributed by atoms with van der Waals surface area (Å²) in [6, 6.07) is 28.9. The van der Waals surface area contributed by atoms with Crippen LogP contribution in [0.2, 0.25) is 5.02 Å². The van der Waals surface area contributed by atoms with E-state index in [-0.39, 0.29) is 18.1 Å². The van der Waals surface area contributed by atoms with Gasteiger partial charge in [0.15, 0.2) is 0 Å².